The number of amides is 2. The Hall–Kier alpha value is -2.11. The number of imidazole rings is 1. The number of hydrogen-bond donors (Lipinski definition) is 6. The Morgan fingerprint density at radius 2 is 1.93 bits per heavy atom. The van der Waals surface area contributed by atoms with Crippen LogP contribution in [-0.2, 0) is 20.8 Å². The number of nitrogens with zero attached hydrogens (tertiary/aromatic N) is 1. The lowest BCUT2D eigenvalue weighted by atomic mass is 10.1. The molecule has 2 amide bonds. The predicted octanol–water partition coefficient (Wildman–Crippen LogP) is -0.784. The van der Waals surface area contributed by atoms with Crippen molar-refractivity contribution in [3.05, 3.63) is 18.2 Å². The molecule has 0 radical (unpaired) electrons. The number of carbonyl (C=O) groups excluding carboxylic acids is 2. The summed E-state index contributed by atoms with van der Waals surface area (Å²) in [4.78, 5) is 43.2. The number of carboxylic acid groups (broad SMARTS) is 1. The van der Waals surface area contributed by atoms with E-state index in [0.29, 0.717) is 30.8 Å². The van der Waals surface area contributed by atoms with Gasteiger partial charge in [-0.05, 0) is 37.8 Å². The van der Waals surface area contributed by atoms with E-state index in [1.807, 2.05) is 6.26 Å². The van der Waals surface area contributed by atoms with E-state index in [9.17, 15) is 19.5 Å². The van der Waals surface area contributed by atoms with E-state index < -0.39 is 35.9 Å². The Morgan fingerprint density at radius 1 is 1.21 bits per heavy atom. The van der Waals surface area contributed by atoms with Gasteiger partial charge in [-0.1, -0.05) is 6.42 Å². The minimum atomic E-state index is -1.12. The van der Waals surface area contributed by atoms with Gasteiger partial charge in [0.1, 0.15) is 12.1 Å². The van der Waals surface area contributed by atoms with E-state index in [1.54, 1.807) is 0 Å². The molecule has 0 spiro atoms. The average Bonchev–Trinajstić information content (AvgIpc) is 3.17. The van der Waals surface area contributed by atoms with Crippen molar-refractivity contribution < 1.29 is 19.5 Å². The van der Waals surface area contributed by atoms with Crippen molar-refractivity contribution >= 4 is 29.5 Å². The van der Waals surface area contributed by atoms with Gasteiger partial charge in [0.2, 0.25) is 11.8 Å². The number of unbranched alkanes of at least 4 members (excludes halogenated alkanes) is 1. The lowest BCUT2D eigenvalue weighted by molar-refractivity contribution is -0.142. The molecule has 28 heavy (non-hydrogen) atoms. The van der Waals surface area contributed by atoms with E-state index in [1.165, 1.54) is 24.3 Å². The van der Waals surface area contributed by atoms with Crippen molar-refractivity contribution in [2.24, 2.45) is 11.5 Å². The van der Waals surface area contributed by atoms with Crippen LogP contribution in [0, 0.1) is 0 Å². The molecule has 1 rings (SSSR count). The molecular weight excluding hydrogens is 384 g/mol. The van der Waals surface area contributed by atoms with Gasteiger partial charge in [-0.3, -0.25) is 9.59 Å². The summed E-state index contributed by atoms with van der Waals surface area (Å²) in [6.07, 6.45) is 7.20. The fraction of sp³-hybridized carbons (Fsp3) is 0.647. The first kappa shape index (κ1) is 23.9. The van der Waals surface area contributed by atoms with Crippen molar-refractivity contribution in [2.45, 2.75) is 50.2 Å². The zero-order chi connectivity index (χ0) is 20.9. The Kier molecular flexibility index (Phi) is 11.2. The van der Waals surface area contributed by atoms with Crippen LogP contribution in [0.5, 0.6) is 0 Å². The van der Waals surface area contributed by atoms with Crippen LogP contribution >= 0.6 is 11.8 Å². The number of aliphatic carboxylic acids is 1. The van der Waals surface area contributed by atoms with Crippen LogP contribution in [0.25, 0.3) is 0 Å². The molecule has 0 bridgehead atoms. The fourth-order valence-electron chi connectivity index (χ4n) is 2.51. The fourth-order valence-corrected chi connectivity index (χ4v) is 2.98. The maximum absolute atomic E-state index is 12.7. The first-order valence-corrected chi connectivity index (χ1v) is 10.5. The molecule has 1 aromatic heterocycles. The van der Waals surface area contributed by atoms with Crippen LogP contribution in [0.1, 0.15) is 31.4 Å². The normalized spacial score (nSPS) is 14.1. The van der Waals surface area contributed by atoms with Crippen LogP contribution < -0.4 is 22.1 Å². The second-order valence-electron chi connectivity index (χ2n) is 6.41. The molecule has 158 valence electrons. The Balaban J connectivity index is 2.78. The molecule has 1 heterocycles. The summed E-state index contributed by atoms with van der Waals surface area (Å²) in [6.45, 7) is 0.520. The zero-order valence-corrected chi connectivity index (χ0v) is 16.8. The van der Waals surface area contributed by atoms with Crippen molar-refractivity contribution in [3.63, 3.8) is 0 Å². The average molecular weight is 415 g/mol. The van der Waals surface area contributed by atoms with Gasteiger partial charge in [0.25, 0.3) is 0 Å². The largest absolute Gasteiger partial charge is 0.480 e. The molecule has 0 aliphatic heterocycles. The zero-order valence-electron chi connectivity index (χ0n) is 16.0. The lowest BCUT2D eigenvalue weighted by Crippen LogP contribution is -2.55. The van der Waals surface area contributed by atoms with Gasteiger partial charge < -0.3 is 32.2 Å². The number of carboxylic acids is 1. The second kappa shape index (κ2) is 13.1. The van der Waals surface area contributed by atoms with Crippen molar-refractivity contribution in [1.82, 2.24) is 20.6 Å². The van der Waals surface area contributed by atoms with Crippen molar-refractivity contribution in [3.8, 4) is 0 Å². The molecule has 1 aromatic rings. The number of carbonyl (C=O) groups is 3. The van der Waals surface area contributed by atoms with Crippen molar-refractivity contribution in [2.75, 3.05) is 18.6 Å². The summed E-state index contributed by atoms with van der Waals surface area (Å²) >= 11 is 1.49. The molecule has 10 nitrogen and oxygen atoms in total. The number of nitrogens with two attached hydrogens (primary N) is 2. The summed E-state index contributed by atoms with van der Waals surface area (Å²) in [5.41, 5.74) is 12.0. The van der Waals surface area contributed by atoms with Crippen LogP contribution in [0.3, 0.4) is 0 Å². The number of rotatable bonds is 14. The van der Waals surface area contributed by atoms with Gasteiger partial charge in [0.05, 0.1) is 12.4 Å². The van der Waals surface area contributed by atoms with Crippen LogP contribution in [0.2, 0.25) is 0 Å². The number of hydrogen-bond acceptors (Lipinski definition) is 7. The van der Waals surface area contributed by atoms with Crippen LogP contribution in [0.15, 0.2) is 12.5 Å². The summed E-state index contributed by atoms with van der Waals surface area (Å²) in [6, 6.07) is -2.76. The lowest BCUT2D eigenvalue weighted by Gasteiger charge is -2.22. The van der Waals surface area contributed by atoms with E-state index in [-0.39, 0.29) is 12.8 Å². The number of aromatic amines is 1. The minimum absolute atomic E-state index is 0.141. The van der Waals surface area contributed by atoms with Gasteiger partial charge in [-0.2, -0.15) is 11.8 Å². The highest BCUT2D eigenvalue weighted by atomic mass is 32.2. The molecule has 0 unspecified atom stereocenters. The third-order valence-electron chi connectivity index (χ3n) is 4.14. The van der Waals surface area contributed by atoms with Gasteiger partial charge in [0, 0.05) is 18.3 Å². The minimum Gasteiger partial charge on any atom is -0.480 e. The summed E-state index contributed by atoms with van der Waals surface area (Å²) < 4.78 is 0. The third kappa shape index (κ3) is 8.72. The highest BCUT2D eigenvalue weighted by Crippen LogP contribution is 2.05. The van der Waals surface area contributed by atoms with Gasteiger partial charge in [0.15, 0.2) is 0 Å². The molecule has 0 aliphatic carbocycles. The van der Waals surface area contributed by atoms with Gasteiger partial charge >= 0.3 is 5.97 Å². The van der Waals surface area contributed by atoms with Gasteiger partial charge in [-0.15, -0.1) is 0 Å². The quantitative estimate of drug-likeness (QED) is 0.215. The van der Waals surface area contributed by atoms with Gasteiger partial charge in [-0.25, -0.2) is 9.78 Å². The molecule has 0 aliphatic rings. The highest BCUT2D eigenvalue weighted by molar-refractivity contribution is 7.98. The second-order valence-corrected chi connectivity index (χ2v) is 7.40. The molecule has 11 heteroatoms. The van der Waals surface area contributed by atoms with Crippen LogP contribution in [0.4, 0.5) is 0 Å². The number of thioether (sulfide) groups is 1. The summed E-state index contributed by atoms with van der Waals surface area (Å²) in [5.74, 6) is -1.58. The number of nitrogens with one attached hydrogen (secondary N) is 3. The molecule has 3 atom stereocenters. The monoisotopic (exact) mass is 414 g/mol. The molecule has 0 aromatic carbocycles. The summed E-state index contributed by atoms with van der Waals surface area (Å²) in [5, 5.41) is 14.5. The third-order valence-corrected chi connectivity index (χ3v) is 4.79. The standard InChI is InChI=1S/C17H30N6O4S/c1-28-7-5-13(17(26)27)22-16(25)14(8-11-9-20-10-21-11)23-15(24)12(19)4-2-3-6-18/h9-10,12-14H,2-8,18-19H2,1H3,(H,20,21)(H,22,25)(H,23,24)(H,26,27)/t12-,13-,14-/m0/s1. The van der Waals surface area contributed by atoms with E-state index in [2.05, 4.69) is 20.6 Å². The van der Waals surface area contributed by atoms with Crippen LogP contribution in [-0.4, -0.2) is 69.5 Å². The molecule has 0 fully saturated rings. The molecule has 8 N–H and O–H groups in total. The first-order chi connectivity index (χ1) is 13.4. The summed E-state index contributed by atoms with van der Waals surface area (Å²) in [7, 11) is 0. The molecular formula is C17H30N6O4S. The van der Waals surface area contributed by atoms with E-state index in [4.69, 9.17) is 11.5 Å². The number of aromatic nitrogens is 2. The predicted molar refractivity (Wildman–Crippen MR) is 108 cm³/mol. The number of H-pyrrole nitrogens is 1. The molecule has 0 saturated heterocycles. The van der Waals surface area contributed by atoms with E-state index >= 15 is 0 Å². The Labute approximate surface area is 168 Å². The molecule has 0 saturated carbocycles. The maximum Gasteiger partial charge on any atom is 0.326 e. The van der Waals surface area contributed by atoms with Crippen molar-refractivity contribution in [1.29, 1.82) is 0 Å². The smallest absolute Gasteiger partial charge is 0.326 e. The topological polar surface area (TPSA) is 176 Å². The highest BCUT2D eigenvalue weighted by Gasteiger charge is 2.28. The SMILES string of the molecule is CSCC[C@H](NC(=O)[C@H](Cc1cnc[nH]1)NC(=O)[C@@H](N)CCCCN)C(=O)O. The first-order valence-electron chi connectivity index (χ1n) is 9.14. The Morgan fingerprint density at radius 3 is 2.50 bits per heavy atom. The maximum atomic E-state index is 12.7. The Bertz CT molecular complexity index is 613. The van der Waals surface area contributed by atoms with E-state index in [0.717, 1.165) is 6.42 Å².